The highest BCUT2D eigenvalue weighted by molar-refractivity contribution is 6.30. The Bertz CT molecular complexity index is 1020. The third kappa shape index (κ3) is 2.99. The Labute approximate surface area is 151 Å². The van der Waals surface area contributed by atoms with Gasteiger partial charge in [0.05, 0.1) is 23.5 Å². The lowest BCUT2D eigenvalue weighted by atomic mass is 10.0. The van der Waals surface area contributed by atoms with E-state index in [2.05, 4.69) is 22.6 Å². The molecule has 0 unspecified atom stereocenters. The van der Waals surface area contributed by atoms with Gasteiger partial charge in [-0.2, -0.15) is 0 Å². The van der Waals surface area contributed by atoms with Crippen molar-refractivity contribution in [1.29, 1.82) is 0 Å². The van der Waals surface area contributed by atoms with E-state index in [1.165, 1.54) is 0 Å². The number of benzene rings is 2. The first-order valence-electron chi connectivity index (χ1n) is 8.10. The maximum Gasteiger partial charge on any atom is 0.137 e. The molecule has 4 rings (SSSR count). The smallest absolute Gasteiger partial charge is 0.137 e. The Morgan fingerprint density at radius 2 is 1.72 bits per heavy atom. The topological polar surface area (TPSA) is 26.5 Å². The van der Waals surface area contributed by atoms with Crippen molar-refractivity contribution in [2.24, 2.45) is 0 Å². The summed E-state index contributed by atoms with van der Waals surface area (Å²) in [7, 11) is 1.70. The number of imidazole rings is 1. The predicted octanol–water partition coefficient (Wildman–Crippen LogP) is 5.25. The number of fused-ring (bicyclic) bond motifs is 1. The van der Waals surface area contributed by atoms with Crippen molar-refractivity contribution in [1.82, 2.24) is 9.38 Å². The van der Waals surface area contributed by atoms with Gasteiger partial charge >= 0.3 is 0 Å². The zero-order valence-electron chi connectivity index (χ0n) is 13.8. The van der Waals surface area contributed by atoms with Crippen LogP contribution in [0.3, 0.4) is 0 Å². The fourth-order valence-electron chi connectivity index (χ4n) is 3.09. The SMILES string of the molecule is COc1ccccc1Cc1c(-c2ccccc2)nc2ccc(Cl)cn12. The van der Waals surface area contributed by atoms with Gasteiger partial charge in [-0.1, -0.05) is 60.1 Å². The summed E-state index contributed by atoms with van der Waals surface area (Å²) in [6, 6.07) is 22.1. The molecule has 0 spiro atoms. The van der Waals surface area contributed by atoms with Gasteiger partial charge in [-0.05, 0) is 18.2 Å². The van der Waals surface area contributed by atoms with Crippen molar-refractivity contribution >= 4 is 17.2 Å². The van der Waals surface area contributed by atoms with E-state index >= 15 is 0 Å². The minimum Gasteiger partial charge on any atom is -0.496 e. The predicted molar refractivity (Wildman–Crippen MR) is 101 cm³/mol. The Kier molecular flexibility index (Phi) is 4.16. The van der Waals surface area contributed by atoms with Crippen LogP contribution in [-0.2, 0) is 6.42 Å². The van der Waals surface area contributed by atoms with Gasteiger partial charge in [0.25, 0.3) is 0 Å². The monoisotopic (exact) mass is 348 g/mol. The first-order chi connectivity index (χ1) is 12.3. The van der Waals surface area contributed by atoms with Gasteiger partial charge in [-0.3, -0.25) is 0 Å². The van der Waals surface area contributed by atoms with Gasteiger partial charge in [-0.15, -0.1) is 0 Å². The highest BCUT2D eigenvalue weighted by Crippen LogP contribution is 2.29. The number of hydrogen-bond acceptors (Lipinski definition) is 2. The van der Waals surface area contributed by atoms with E-state index in [9.17, 15) is 0 Å². The zero-order valence-corrected chi connectivity index (χ0v) is 14.6. The van der Waals surface area contributed by atoms with Crippen molar-refractivity contribution in [2.45, 2.75) is 6.42 Å². The van der Waals surface area contributed by atoms with Crippen molar-refractivity contribution < 1.29 is 4.74 Å². The van der Waals surface area contributed by atoms with E-state index in [1.54, 1.807) is 7.11 Å². The summed E-state index contributed by atoms with van der Waals surface area (Å²) < 4.78 is 7.59. The van der Waals surface area contributed by atoms with Crippen LogP contribution >= 0.6 is 11.6 Å². The summed E-state index contributed by atoms with van der Waals surface area (Å²) >= 11 is 6.23. The molecule has 0 saturated heterocycles. The zero-order chi connectivity index (χ0) is 17.2. The molecule has 4 aromatic rings. The number of para-hydroxylation sites is 1. The first-order valence-corrected chi connectivity index (χ1v) is 8.48. The van der Waals surface area contributed by atoms with Gasteiger partial charge in [0.15, 0.2) is 0 Å². The molecule has 2 aromatic carbocycles. The molecule has 0 atom stereocenters. The number of aromatic nitrogens is 2. The molecule has 0 radical (unpaired) electrons. The van der Waals surface area contributed by atoms with Gasteiger partial charge < -0.3 is 9.14 Å². The lowest BCUT2D eigenvalue weighted by molar-refractivity contribution is 0.410. The van der Waals surface area contributed by atoms with Gasteiger partial charge in [0.1, 0.15) is 11.4 Å². The fourth-order valence-corrected chi connectivity index (χ4v) is 3.25. The maximum absolute atomic E-state index is 6.23. The van der Waals surface area contributed by atoms with Crippen LogP contribution in [0, 0.1) is 0 Å². The second kappa shape index (κ2) is 6.61. The molecular weight excluding hydrogens is 332 g/mol. The average molecular weight is 349 g/mol. The molecule has 124 valence electrons. The molecule has 2 heterocycles. The summed E-state index contributed by atoms with van der Waals surface area (Å²) in [5, 5.41) is 0.686. The minimum atomic E-state index is 0.686. The molecular formula is C21H17ClN2O. The molecule has 2 aromatic heterocycles. The Morgan fingerprint density at radius 3 is 2.52 bits per heavy atom. The second-order valence-corrected chi connectivity index (χ2v) is 6.27. The third-order valence-electron chi connectivity index (χ3n) is 4.28. The molecule has 4 heteroatoms. The van der Waals surface area contributed by atoms with Crippen LogP contribution < -0.4 is 4.74 Å². The Hall–Kier alpha value is -2.78. The van der Waals surface area contributed by atoms with E-state index in [1.807, 2.05) is 54.7 Å². The summed E-state index contributed by atoms with van der Waals surface area (Å²) in [6.07, 6.45) is 2.62. The number of ether oxygens (including phenoxy) is 1. The molecule has 3 nitrogen and oxygen atoms in total. The number of pyridine rings is 1. The van der Waals surface area contributed by atoms with Crippen LogP contribution in [0.4, 0.5) is 0 Å². The van der Waals surface area contributed by atoms with Crippen LogP contribution in [0.2, 0.25) is 5.02 Å². The van der Waals surface area contributed by atoms with E-state index in [0.717, 1.165) is 33.9 Å². The van der Waals surface area contributed by atoms with Crippen LogP contribution in [0.15, 0.2) is 72.9 Å². The minimum absolute atomic E-state index is 0.686. The largest absolute Gasteiger partial charge is 0.496 e. The Balaban J connectivity index is 1.92. The second-order valence-electron chi connectivity index (χ2n) is 5.84. The lowest BCUT2D eigenvalue weighted by Crippen LogP contribution is -1.99. The molecule has 0 bridgehead atoms. The molecule has 0 N–H and O–H groups in total. The van der Waals surface area contributed by atoms with E-state index in [0.29, 0.717) is 11.4 Å². The lowest BCUT2D eigenvalue weighted by Gasteiger charge is -2.10. The van der Waals surface area contributed by atoms with Crippen molar-refractivity contribution in [3.63, 3.8) is 0 Å². The van der Waals surface area contributed by atoms with Crippen molar-refractivity contribution in [3.05, 3.63) is 89.2 Å². The van der Waals surface area contributed by atoms with Crippen molar-refractivity contribution in [2.75, 3.05) is 7.11 Å². The van der Waals surface area contributed by atoms with Gasteiger partial charge in [0, 0.05) is 23.7 Å². The molecule has 25 heavy (non-hydrogen) atoms. The maximum atomic E-state index is 6.23. The van der Waals surface area contributed by atoms with Gasteiger partial charge in [-0.25, -0.2) is 4.98 Å². The van der Waals surface area contributed by atoms with E-state index < -0.39 is 0 Å². The molecule has 0 amide bonds. The number of halogens is 1. The van der Waals surface area contributed by atoms with Crippen molar-refractivity contribution in [3.8, 4) is 17.0 Å². The highest BCUT2D eigenvalue weighted by Gasteiger charge is 2.16. The molecule has 0 fully saturated rings. The van der Waals surface area contributed by atoms with E-state index in [4.69, 9.17) is 21.3 Å². The van der Waals surface area contributed by atoms with Gasteiger partial charge in [0.2, 0.25) is 0 Å². The quantitative estimate of drug-likeness (QED) is 0.503. The first kappa shape index (κ1) is 15.7. The molecule has 0 saturated carbocycles. The number of hydrogen-bond donors (Lipinski definition) is 0. The normalized spacial score (nSPS) is 11.0. The average Bonchev–Trinajstić information content (AvgIpc) is 3.01. The fraction of sp³-hybridized carbons (Fsp3) is 0.0952. The van der Waals surface area contributed by atoms with Crippen LogP contribution in [0.1, 0.15) is 11.3 Å². The highest BCUT2D eigenvalue weighted by atomic mass is 35.5. The summed E-state index contributed by atoms with van der Waals surface area (Å²) in [6.45, 7) is 0. The molecule has 0 aliphatic carbocycles. The standard InChI is InChI=1S/C21H17ClN2O/c1-25-19-10-6-5-9-16(19)13-18-21(15-7-3-2-4-8-15)23-20-12-11-17(22)14-24(18)20/h2-12,14H,13H2,1H3. The Morgan fingerprint density at radius 1 is 0.960 bits per heavy atom. The number of methoxy groups -OCH3 is 1. The van der Waals surface area contributed by atoms with Crippen LogP contribution in [-0.4, -0.2) is 16.5 Å². The third-order valence-corrected chi connectivity index (χ3v) is 4.50. The van der Waals surface area contributed by atoms with E-state index in [-0.39, 0.29) is 0 Å². The van der Waals surface area contributed by atoms with Crippen LogP contribution in [0.25, 0.3) is 16.9 Å². The molecule has 0 aliphatic heterocycles. The molecule has 0 aliphatic rings. The summed E-state index contributed by atoms with van der Waals surface area (Å²) in [4.78, 5) is 4.84. The van der Waals surface area contributed by atoms with Crippen LogP contribution in [0.5, 0.6) is 5.75 Å². The summed E-state index contributed by atoms with van der Waals surface area (Å²) in [5.41, 5.74) is 5.14. The number of rotatable bonds is 4. The summed E-state index contributed by atoms with van der Waals surface area (Å²) in [5.74, 6) is 0.874. The number of nitrogens with zero attached hydrogens (tertiary/aromatic N) is 2.